The number of hydrogen-bond donors (Lipinski definition) is 3. The fourth-order valence-corrected chi connectivity index (χ4v) is 7.55. The molecule has 4 heterocycles. The van der Waals surface area contributed by atoms with Crippen molar-refractivity contribution in [3.05, 3.63) is 72.1 Å². The summed E-state index contributed by atoms with van der Waals surface area (Å²) in [5.41, 5.74) is -4.96. The Balaban J connectivity index is 0.000000421. The Hall–Kier alpha value is -3.31. The Kier molecular flexibility index (Phi) is 23.7. The number of halogens is 6. The Bertz CT molecular complexity index is 1810. The second-order valence-corrected chi connectivity index (χ2v) is 19.0. The van der Waals surface area contributed by atoms with Crippen LogP contribution in [0, 0.1) is 0 Å². The maximum atomic E-state index is 10.7. The maximum Gasteiger partial charge on any atom is 3.00 e. The zero-order valence-electron chi connectivity index (χ0n) is 36.1. The molecule has 7 aliphatic rings. The summed E-state index contributed by atoms with van der Waals surface area (Å²) in [4.78, 5) is 17.3. The van der Waals surface area contributed by atoms with Gasteiger partial charge in [-0.05, 0) is 87.8 Å². The first-order chi connectivity index (χ1) is 30.2. The summed E-state index contributed by atoms with van der Waals surface area (Å²) in [6.07, 6.45) is 41.5. The Morgan fingerprint density at radius 1 is 0.523 bits per heavy atom. The fourth-order valence-electron chi connectivity index (χ4n) is 7.55. The van der Waals surface area contributed by atoms with Crippen molar-refractivity contribution >= 4 is 37.4 Å². The van der Waals surface area contributed by atoms with Crippen molar-refractivity contribution in [2.24, 2.45) is 15.0 Å². The molecule has 14 nitrogen and oxygen atoms in total. The monoisotopic (exact) mass is 1010 g/mol. The van der Waals surface area contributed by atoms with Crippen LogP contribution in [0.25, 0.3) is 0 Å². The molecule has 3 aliphatic carbocycles. The Labute approximate surface area is 389 Å². The van der Waals surface area contributed by atoms with E-state index in [0.29, 0.717) is 18.1 Å². The molecule has 4 fully saturated rings. The molecule has 0 aromatic carbocycles. The fraction of sp³-hybridized carbons (Fsp3) is 0.643. The molecule has 0 spiro atoms. The maximum absolute atomic E-state index is 10.7. The van der Waals surface area contributed by atoms with Crippen molar-refractivity contribution in [3.63, 3.8) is 0 Å². The van der Waals surface area contributed by atoms with E-state index in [4.69, 9.17) is 45.7 Å². The van der Waals surface area contributed by atoms with Crippen LogP contribution in [0.3, 0.4) is 0 Å². The molecule has 7 rings (SSSR count). The van der Waals surface area contributed by atoms with E-state index in [9.17, 15) is 26.3 Å². The molecule has 3 saturated carbocycles. The largest absolute Gasteiger partial charge is 3.00 e. The number of nitrogens with zero attached hydrogens (tertiary/aromatic N) is 4. The van der Waals surface area contributed by atoms with E-state index < -0.39 is 31.3 Å². The molecule has 3 N–H and O–H groups in total. The van der Waals surface area contributed by atoms with Gasteiger partial charge in [-0.3, -0.25) is 19.9 Å². The number of allylic oxidation sites excluding steroid dienone is 3. The van der Waals surface area contributed by atoms with E-state index in [1.807, 2.05) is 0 Å². The molecule has 1 saturated heterocycles. The number of alkyl halides is 6. The molecule has 23 heteroatoms. The van der Waals surface area contributed by atoms with E-state index in [1.165, 1.54) is 109 Å². The molecule has 0 amide bonds. The van der Waals surface area contributed by atoms with Gasteiger partial charge in [0, 0.05) is 69.6 Å². The van der Waals surface area contributed by atoms with Gasteiger partial charge in [0.1, 0.15) is 0 Å². The van der Waals surface area contributed by atoms with Crippen LogP contribution in [0.2, 0.25) is 0 Å². The summed E-state index contributed by atoms with van der Waals surface area (Å²) in [6, 6.07) is 1.78. The van der Waals surface area contributed by atoms with Crippen molar-refractivity contribution in [2.75, 3.05) is 32.8 Å². The van der Waals surface area contributed by atoms with Crippen molar-refractivity contribution in [1.29, 1.82) is 0 Å². The van der Waals surface area contributed by atoms with Crippen LogP contribution in [-0.2, 0) is 42.0 Å². The molecule has 65 heavy (non-hydrogen) atoms. The molecule has 0 radical (unpaired) electrons. The molecular formula is C42H59F6MnN7O7S2+. The van der Waals surface area contributed by atoms with E-state index in [2.05, 4.69) is 75.9 Å². The SMILES string of the molecule is C1=C/C(=C\NC2CCCCC2)N=C1CN(CC1=N/C(=C/NC2CCCCC2)C=C1)CC1=N/C(=C/NC2CCCCC2)C=C1.C1CCOC1.O=S(=O)([O-])C(F)(F)F.O=S(=O)([O-])C(F)(F)F.[Mn+3]. The summed E-state index contributed by atoms with van der Waals surface area (Å²) in [5.74, 6) is 0. The minimum Gasteiger partial charge on any atom is -0.741 e. The predicted molar refractivity (Wildman–Crippen MR) is 232 cm³/mol. The van der Waals surface area contributed by atoms with E-state index in [0.717, 1.165) is 67.1 Å². The molecule has 0 aromatic heterocycles. The predicted octanol–water partition coefficient (Wildman–Crippen LogP) is 7.51. The topological polar surface area (TPSA) is 200 Å². The number of ether oxygens (including phenoxy) is 1. The van der Waals surface area contributed by atoms with Crippen molar-refractivity contribution in [2.45, 2.75) is 138 Å². The zero-order valence-corrected chi connectivity index (χ0v) is 38.9. The Morgan fingerprint density at radius 2 is 0.785 bits per heavy atom. The number of nitrogens with one attached hydrogen (secondary N) is 3. The van der Waals surface area contributed by atoms with Gasteiger partial charge in [-0.2, -0.15) is 26.3 Å². The third kappa shape index (κ3) is 21.9. The van der Waals surface area contributed by atoms with Crippen molar-refractivity contribution < 1.29 is 74.1 Å². The quantitative estimate of drug-likeness (QED) is 0.0757. The standard InChI is InChI=1S/C36H51N7.C4H8O.2CHF3O3S.Mn/c1-4-10-28(11-5-1)37-22-31-16-19-34(40-31)25-43(26-35-20-17-32(41-35)23-38-29-12-6-2-7-13-29)27-36-21-18-33(42-36)24-39-30-14-8-3-9-15-30;1-2-4-5-3-1;2*2-1(3,4)8(5,6)7;/h16-24,28-30,37-39H,1-15,25-27H2;1-4H2;2*(H,5,6,7);/q;;;;+3/p-2/b31-22+,32-23+,33-24+;;;;. The average molecular weight is 1010 g/mol. The zero-order chi connectivity index (χ0) is 46.6. The number of rotatable bonds is 12. The molecule has 0 unspecified atom stereocenters. The first kappa shape index (κ1) is 56.0. The summed E-state index contributed by atoms with van der Waals surface area (Å²) in [6.45, 7) is 4.28. The van der Waals surface area contributed by atoms with E-state index in [-0.39, 0.29) is 17.1 Å². The van der Waals surface area contributed by atoms with Crippen molar-refractivity contribution in [3.8, 4) is 0 Å². The van der Waals surface area contributed by atoms with Gasteiger partial charge in [0.2, 0.25) is 0 Å². The van der Waals surface area contributed by atoms with Crippen LogP contribution in [0.5, 0.6) is 0 Å². The first-order valence-electron chi connectivity index (χ1n) is 21.8. The summed E-state index contributed by atoms with van der Waals surface area (Å²) in [5, 5.41) is 10.9. The van der Waals surface area contributed by atoms with Gasteiger partial charge in [0.05, 0.1) is 34.2 Å². The average Bonchev–Trinajstić information content (AvgIpc) is 4.10. The second kappa shape index (κ2) is 27.5. The second-order valence-electron chi connectivity index (χ2n) is 16.3. The van der Waals surface area contributed by atoms with Gasteiger partial charge >= 0.3 is 28.1 Å². The molecule has 0 bridgehead atoms. The summed E-state index contributed by atoms with van der Waals surface area (Å²) in [7, 11) is -12.2. The van der Waals surface area contributed by atoms with Gasteiger partial charge in [-0.15, -0.1) is 0 Å². The molecule has 0 aromatic rings. The van der Waals surface area contributed by atoms with Gasteiger partial charge in [-0.1, -0.05) is 57.8 Å². The molecule has 4 aliphatic heterocycles. The van der Waals surface area contributed by atoms with Crippen LogP contribution in [0.4, 0.5) is 26.3 Å². The van der Waals surface area contributed by atoms with Crippen LogP contribution < -0.4 is 16.0 Å². The normalized spacial score (nSPS) is 22.6. The van der Waals surface area contributed by atoms with Crippen LogP contribution in [-0.4, -0.2) is 110 Å². The Morgan fingerprint density at radius 3 is 1.00 bits per heavy atom. The van der Waals surface area contributed by atoms with Gasteiger partial charge in [-0.25, -0.2) is 16.8 Å². The van der Waals surface area contributed by atoms with Crippen LogP contribution in [0.15, 0.2) is 87.1 Å². The van der Waals surface area contributed by atoms with E-state index in [1.54, 1.807) is 0 Å². The van der Waals surface area contributed by atoms with Crippen LogP contribution in [0.1, 0.15) is 109 Å². The van der Waals surface area contributed by atoms with Crippen molar-refractivity contribution in [1.82, 2.24) is 20.9 Å². The third-order valence-electron chi connectivity index (χ3n) is 10.9. The van der Waals surface area contributed by atoms with E-state index >= 15 is 0 Å². The van der Waals surface area contributed by atoms with Gasteiger partial charge < -0.3 is 29.8 Å². The van der Waals surface area contributed by atoms with Gasteiger partial charge in [0.25, 0.3) is 0 Å². The minimum atomic E-state index is -6.09. The smallest absolute Gasteiger partial charge is 0.741 e. The molecular weight excluding hydrogens is 948 g/mol. The minimum absolute atomic E-state index is 0. The summed E-state index contributed by atoms with van der Waals surface area (Å²) >= 11 is 0. The molecule has 0 atom stereocenters. The molecule has 364 valence electrons. The first-order valence-corrected chi connectivity index (χ1v) is 24.6. The number of aliphatic imine (C=N–C) groups is 3. The van der Waals surface area contributed by atoms with Crippen LogP contribution >= 0.6 is 0 Å². The summed E-state index contributed by atoms with van der Waals surface area (Å²) < 4.78 is 123. The number of hydrogen-bond acceptors (Lipinski definition) is 14. The third-order valence-corrected chi connectivity index (χ3v) is 12.1. The van der Waals surface area contributed by atoms with Gasteiger partial charge in [0.15, 0.2) is 20.2 Å².